The molecule has 3 aromatic rings. The number of hydrogen-bond donors (Lipinski definition) is 0. The largest absolute Gasteiger partial charge is 0.545 e. The standard InChI is InChI=1S/C14H9NO2S/c16-14(17)10-6-2-1-5-9(10)13-15-11-7-3-4-8-12(11)18-13/h1-8H,(H,16,17)/p-1. The van der Waals surface area contributed by atoms with E-state index in [0.29, 0.717) is 10.6 Å². The first-order valence-electron chi connectivity index (χ1n) is 5.42. The second-order valence-electron chi connectivity index (χ2n) is 3.82. The Bertz CT molecular complexity index is 700. The lowest BCUT2D eigenvalue weighted by molar-refractivity contribution is -0.254. The summed E-state index contributed by atoms with van der Waals surface area (Å²) in [6.45, 7) is 0. The molecule has 0 amide bonds. The number of benzene rings is 2. The third kappa shape index (κ3) is 1.76. The first-order valence-corrected chi connectivity index (χ1v) is 6.23. The van der Waals surface area contributed by atoms with E-state index in [1.54, 1.807) is 18.2 Å². The molecule has 2 aromatic carbocycles. The number of nitrogens with zero attached hydrogens (tertiary/aromatic N) is 1. The van der Waals surface area contributed by atoms with Crippen LogP contribution in [0.4, 0.5) is 0 Å². The first kappa shape index (κ1) is 10.9. The Kier molecular flexibility index (Phi) is 2.57. The van der Waals surface area contributed by atoms with Crippen LogP contribution in [0.1, 0.15) is 10.4 Å². The number of aromatic nitrogens is 1. The van der Waals surface area contributed by atoms with Gasteiger partial charge in [-0.25, -0.2) is 4.98 Å². The normalized spacial score (nSPS) is 10.7. The van der Waals surface area contributed by atoms with Crippen LogP contribution in [0.3, 0.4) is 0 Å². The highest BCUT2D eigenvalue weighted by Gasteiger charge is 2.10. The second kappa shape index (κ2) is 4.23. The molecule has 0 spiro atoms. The monoisotopic (exact) mass is 254 g/mol. The zero-order chi connectivity index (χ0) is 12.5. The minimum atomic E-state index is -1.18. The summed E-state index contributed by atoms with van der Waals surface area (Å²) in [6, 6.07) is 14.5. The van der Waals surface area contributed by atoms with Crippen LogP contribution in [0.25, 0.3) is 20.8 Å². The van der Waals surface area contributed by atoms with Crippen molar-refractivity contribution in [3.63, 3.8) is 0 Å². The number of hydrogen-bond acceptors (Lipinski definition) is 4. The Balaban J connectivity index is 2.23. The van der Waals surface area contributed by atoms with Crippen LogP contribution < -0.4 is 5.11 Å². The van der Waals surface area contributed by atoms with Crippen molar-refractivity contribution < 1.29 is 9.90 Å². The third-order valence-corrected chi connectivity index (χ3v) is 3.74. The van der Waals surface area contributed by atoms with Gasteiger partial charge >= 0.3 is 0 Å². The highest BCUT2D eigenvalue weighted by atomic mass is 32.1. The van der Waals surface area contributed by atoms with Crippen LogP contribution >= 0.6 is 11.3 Å². The van der Waals surface area contributed by atoms with E-state index in [1.165, 1.54) is 17.4 Å². The van der Waals surface area contributed by atoms with Crippen molar-refractivity contribution in [2.45, 2.75) is 0 Å². The Labute approximate surface area is 107 Å². The second-order valence-corrected chi connectivity index (χ2v) is 4.85. The molecule has 88 valence electrons. The molecule has 0 aliphatic carbocycles. The summed E-state index contributed by atoms with van der Waals surface area (Å²) in [5.74, 6) is -1.18. The van der Waals surface area contributed by atoms with Crippen molar-refractivity contribution in [2.75, 3.05) is 0 Å². The zero-order valence-corrected chi connectivity index (χ0v) is 10.1. The fourth-order valence-corrected chi connectivity index (χ4v) is 2.84. The summed E-state index contributed by atoms with van der Waals surface area (Å²) in [6.07, 6.45) is 0. The van der Waals surface area contributed by atoms with Gasteiger partial charge in [-0.2, -0.15) is 0 Å². The fourth-order valence-electron chi connectivity index (χ4n) is 1.84. The first-order chi connectivity index (χ1) is 8.75. The topological polar surface area (TPSA) is 53.0 Å². The van der Waals surface area contributed by atoms with Gasteiger partial charge in [0.25, 0.3) is 0 Å². The maximum Gasteiger partial charge on any atom is 0.125 e. The predicted octanol–water partition coefficient (Wildman–Crippen LogP) is 2.33. The molecule has 0 saturated heterocycles. The summed E-state index contributed by atoms with van der Waals surface area (Å²) in [5.41, 5.74) is 1.67. The maximum absolute atomic E-state index is 11.1. The molecule has 0 bridgehead atoms. The van der Waals surface area contributed by atoms with E-state index < -0.39 is 5.97 Å². The number of carboxylic acid groups (broad SMARTS) is 1. The highest BCUT2D eigenvalue weighted by molar-refractivity contribution is 7.21. The van der Waals surface area contributed by atoms with Crippen molar-refractivity contribution in [2.24, 2.45) is 0 Å². The van der Waals surface area contributed by atoms with Crippen molar-refractivity contribution in [1.29, 1.82) is 0 Å². The van der Waals surface area contributed by atoms with Gasteiger partial charge in [-0.15, -0.1) is 11.3 Å². The number of carboxylic acids is 1. The Morgan fingerprint density at radius 3 is 2.56 bits per heavy atom. The number of rotatable bonds is 2. The Hall–Kier alpha value is -2.20. The van der Waals surface area contributed by atoms with Crippen molar-refractivity contribution >= 4 is 27.5 Å². The van der Waals surface area contributed by atoms with E-state index >= 15 is 0 Å². The maximum atomic E-state index is 11.1. The molecule has 0 atom stereocenters. The summed E-state index contributed by atoms with van der Waals surface area (Å²) in [7, 11) is 0. The summed E-state index contributed by atoms with van der Waals surface area (Å²) < 4.78 is 1.04. The van der Waals surface area contributed by atoms with Crippen molar-refractivity contribution in [1.82, 2.24) is 4.98 Å². The molecule has 3 rings (SSSR count). The third-order valence-electron chi connectivity index (χ3n) is 2.67. The van der Waals surface area contributed by atoms with E-state index in [-0.39, 0.29) is 5.56 Å². The molecule has 1 aromatic heterocycles. The molecule has 0 saturated carbocycles. The van der Waals surface area contributed by atoms with Gasteiger partial charge in [-0.05, 0) is 12.1 Å². The van der Waals surface area contributed by atoms with Crippen molar-refractivity contribution in [3.05, 3.63) is 54.1 Å². The van der Waals surface area contributed by atoms with E-state index in [2.05, 4.69) is 4.98 Å². The van der Waals surface area contributed by atoms with Crippen LogP contribution in [0, 0.1) is 0 Å². The number of aromatic carboxylic acids is 1. The van der Waals surface area contributed by atoms with E-state index in [4.69, 9.17) is 0 Å². The minimum Gasteiger partial charge on any atom is -0.545 e. The molecule has 18 heavy (non-hydrogen) atoms. The van der Waals surface area contributed by atoms with Crippen LogP contribution in [0.2, 0.25) is 0 Å². The number of para-hydroxylation sites is 1. The van der Waals surface area contributed by atoms with Gasteiger partial charge in [0, 0.05) is 11.1 Å². The zero-order valence-electron chi connectivity index (χ0n) is 9.29. The molecular formula is C14H8NO2S-. The van der Waals surface area contributed by atoms with E-state index in [9.17, 15) is 9.90 Å². The van der Waals surface area contributed by atoms with Gasteiger partial charge in [-0.3, -0.25) is 0 Å². The number of fused-ring (bicyclic) bond motifs is 1. The SMILES string of the molecule is O=C([O-])c1ccccc1-c1nc2ccccc2s1. The quantitative estimate of drug-likeness (QED) is 0.705. The van der Waals surface area contributed by atoms with Crippen LogP contribution in [0.15, 0.2) is 48.5 Å². The van der Waals surface area contributed by atoms with Gasteiger partial charge in [0.2, 0.25) is 0 Å². The molecule has 0 N–H and O–H groups in total. The highest BCUT2D eigenvalue weighted by Crippen LogP contribution is 2.31. The molecule has 0 fully saturated rings. The van der Waals surface area contributed by atoms with Gasteiger partial charge in [0.15, 0.2) is 0 Å². The average Bonchev–Trinajstić information content (AvgIpc) is 2.82. The Morgan fingerprint density at radius 1 is 1.06 bits per heavy atom. The molecule has 0 aliphatic rings. The van der Waals surface area contributed by atoms with Crippen molar-refractivity contribution in [3.8, 4) is 10.6 Å². The molecular weight excluding hydrogens is 246 g/mol. The lowest BCUT2D eigenvalue weighted by atomic mass is 10.1. The van der Waals surface area contributed by atoms with Gasteiger partial charge < -0.3 is 9.90 Å². The van der Waals surface area contributed by atoms with Crippen LogP contribution in [-0.4, -0.2) is 11.0 Å². The Morgan fingerprint density at radius 2 is 1.78 bits per heavy atom. The van der Waals surface area contributed by atoms with Crippen LogP contribution in [0.5, 0.6) is 0 Å². The van der Waals surface area contributed by atoms with E-state index in [1.807, 2.05) is 24.3 Å². The lowest BCUT2D eigenvalue weighted by Gasteiger charge is -2.06. The summed E-state index contributed by atoms with van der Waals surface area (Å²) in [5, 5.41) is 11.8. The number of carbonyl (C=O) groups excluding carboxylic acids is 1. The van der Waals surface area contributed by atoms with Crippen LogP contribution in [-0.2, 0) is 0 Å². The summed E-state index contributed by atoms with van der Waals surface area (Å²) in [4.78, 5) is 15.5. The predicted molar refractivity (Wildman–Crippen MR) is 69.4 cm³/mol. The minimum absolute atomic E-state index is 0.177. The summed E-state index contributed by atoms with van der Waals surface area (Å²) >= 11 is 1.48. The number of carbonyl (C=O) groups is 1. The molecule has 3 nitrogen and oxygen atoms in total. The van der Waals surface area contributed by atoms with Gasteiger partial charge in [0.1, 0.15) is 5.01 Å². The van der Waals surface area contributed by atoms with Gasteiger partial charge in [-0.1, -0.05) is 36.4 Å². The molecule has 0 aliphatic heterocycles. The van der Waals surface area contributed by atoms with Gasteiger partial charge in [0.05, 0.1) is 16.2 Å². The lowest BCUT2D eigenvalue weighted by Crippen LogP contribution is -2.22. The van der Waals surface area contributed by atoms with E-state index in [0.717, 1.165) is 10.2 Å². The smallest absolute Gasteiger partial charge is 0.125 e. The molecule has 0 unspecified atom stereocenters. The average molecular weight is 254 g/mol. The molecule has 0 radical (unpaired) electrons. The number of thiazole rings is 1. The molecule has 4 heteroatoms. The molecule has 1 heterocycles. The fraction of sp³-hybridized carbons (Fsp3) is 0.